The predicted octanol–water partition coefficient (Wildman–Crippen LogP) is 2.85. The van der Waals surface area contributed by atoms with Gasteiger partial charge in [0, 0.05) is 23.1 Å². The third kappa shape index (κ3) is 4.43. The molecule has 0 spiro atoms. The van der Waals surface area contributed by atoms with Gasteiger partial charge >= 0.3 is 0 Å². The molecule has 1 N–H and O–H groups in total. The van der Waals surface area contributed by atoms with Crippen LogP contribution in [-0.2, 0) is 6.54 Å². The first-order valence-electron chi connectivity index (χ1n) is 8.21. The van der Waals surface area contributed by atoms with Crippen LogP contribution in [0.1, 0.15) is 23.7 Å². The number of hydrogen-bond acceptors (Lipinski definition) is 5. The number of amides is 1. The van der Waals surface area contributed by atoms with Crippen molar-refractivity contribution in [2.45, 2.75) is 25.9 Å². The number of carbonyl (C=O) groups excluding carboxylic acids is 1. The van der Waals surface area contributed by atoms with Gasteiger partial charge in [-0.05, 0) is 42.2 Å². The number of aromatic nitrogens is 3. The summed E-state index contributed by atoms with van der Waals surface area (Å²) in [6.07, 6.45) is 2.05. The van der Waals surface area contributed by atoms with E-state index in [0.29, 0.717) is 23.2 Å². The average Bonchev–Trinajstić information content (AvgIpc) is 3.20. The topological polar surface area (TPSA) is 76.9 Å². The molecule has 0 saturated heterocycles. The van der Waals surface area contributed by atoms with E-state index in [1.807, 2.05) is 6.92 Å². The zero-order valence-electron chi connectivity index (χ0n) is 14.4. The van der Waals surface area contributed by atoms with Gasteiger partial charge < -0.3 is 5.32 Å². The van der Waals surface area contributed by atoms with Gasteiger partial charge in [0.2, 0.25) is 0 Å². The van der Waals surface area contributed by atoms with Crippen molar-refractivity contribution in [3.8, 4) is 11.3 Å². The first-order chi connectivity index (χ1) is 13.0. The number of nitrogens with zero attached hydrogens (tertiary/aromatic N) is 3. The maximum absolute atomic E-state index is 13.5. The van der Waals surface area contributed by atoms with Gasteiger partial charge in [0.1, 0.15) is 0 Å². The van der Waals surface area contributed by atoms with Crippen molar-refractivity contribution in [2.24, 2.45) is 0 Å². The van der Waals surface area contributed by atoms with Crippen molar-refractivity contribution < 1.29 is 13.6 Å². The summed E-state index contributed by atoms with van der Waals surface area (Å²) in [5, 5.41) is 8.70. The van der Waals surface area contributed by atoms with Crippen molar-refractivity contribution >= 4 is 17.4 Å². The fourth-order valence-corrected chi connectivity index (χ4v) is 2.98. The summed E-state index contributed by atoms with van der Waals surface area (Å²) in [6.45, 7) is 2.03. The molecule has 1 atom stereocenters. The van der Waals surface area contributed by atoms with Crippen LogP contribution in [-0.4, -0.2) is 26.1 Å². The summed E-state index contributed by atoms with van der Waals surface area (Å²) >= 11 is 1.18. The van der Waals surface area contributed by atoms with E-state index in [1.165, 1.54) is 40.6 Å². The molecule has 0 bridgehead atoms. The second-order valence-electron chi connectivity index (χ2n) is 5.86. The smallest absolute Gasteiger partial charge is 0.266 e. The first-order valence-corrected chi connectivity index (χ1v) is 9.05. The summed E-state index contributed by atoms with van der Waals surface area (Å²) in [5.41, 5.74) is 0.779. The summed E-state index contributed by atoms with van der Waals surface area (Å²) in [5.74, 6) is -2.22. The number of halogens is 2. The van der Waals surface area contributed by atoms with Gasteiger partial charge in [-0.15, -0.1) is 0 Å². The lowest BCUT2D eigenvalue weighted by molar-refractivity contribution is 0.0931. The van der Waals surface area contributed by atoms with E-state index in [2.05, 4.69) is 14.8 Å². The van der Waals surface area contributed by atoms with E-state index in [-0.39, 0.29) is 24.1 Å². The molecule has 0 aliphatic carbocycles. The van der Waals surface area contributed by atoms with Gasteiger partial charge in [-0.3, -0.25) is 9.59 Å². The molecule has 2 heterocycles. The zero-order chi connectivity index (χ0) is 19.4. The zero-order valence-corrected chi connectivity index (χ0v) is 15.2. The van der Waals surface area contributed by atoms with Crippen LogP contribution in [0, 0.1) is 11.6 Å². The van der Waals surface area contributed by atoms with Crippen LogP contribution < -0.4 is 10.9 Å². The standard InChI is InChI=1S/C18H16F2N4O2S/c1-2-13(22-18(26)12-8-21-27-10-12)9-24-17(25)6-5-16(23-24)11-3-4-14(19)15(20)7-11/h3-8,10,13H,2,9H2,1H3,(H,22,26)/t13-/m1/s1. The highest BCUT2D eigenvalue weighted by Crippen LogP contribution is 2.18. The Labute approximate surface area is 157 Å². The van der Waals surface area contributed by atoms with Crippen LogP contribution in [0.2, 0.25) is 0 Å². The minimum atomic E-state index is -0.991. The van der Waals surface area contributed by atoms with E-state index >= 15 is 0 Å². The molecule has 0 radical (unpaired) electrons. The molecule has 0 saturated carbocycles. The molecule has 1 amide bonds. The van der Waals surface area contributed by atoms with Crippen molar-refractivity contribution in [3.63, 3.8) is 0 Å². The van der Waals surface area contributed by atoms with E-state index < -0.39 is 11.6 Å². The lowest BCUT2D eigenvalue weighted by atomic mass is 10.1. The Kier molecular flexibility index (Phi) is 5.70. The van der Waals surface area contributed by atoms with Gasteiger partial charge in [-0.1, -0.05) is 6.92 Å². The molecule has 0 unspecified atom stereocenters. The molecule has 27 heavy (non-hydrogen) atoms. The second kappa shape index (κ2) is 8.17. The van der Waals surface area contributed by atoms with Gasteiger partial charge in [0.15, 0.2) is 11.6 Å². The molecule has 140 valence electrons. The molecule has 6 nitrogen and oxygen atoms in total. The fraction of sp³-hybridized carbons (Fsp3) is 0.222. The quantitative estimate of drug-likeness (QED) is 0.702. The maximum atomic E-state index is 13.5. The van der Waals surface area contributed by atoms with Crippen LogP contribution in [0.5, 0.6) is 0 Å². The largest absolute Gasteiger partial charge is 0.347 e. The highest BCUT2D eigenvalue weighted by atomic mass is 32.1. The summed E-state index contributed by atoms with van der Waals surface area (Å²) in [4.78, 5) is 24.3. The fourth-order valence-electron chi connectivity index (χ4n) is 2.46. The summed E-state index contributed by atoms with van der Waals surface area (Å²) in [7, 11) is 0. The molecule has 3 rings (SSSR count). The number of hydrogen-bond donors (Lipinski definition) is 1. The predicted molar refractivity (Wildman–Crippen MR) is 97.5 cm³/mol. The number of benzene rings is 1. The molecule has 1 aromatic carbocycles. The Morgan fingerprint density at radius 2 is 2.07 bits per heavy atom. The Morgan fingerprint density at radius 1 is 1.26 bits per heavy atom. The van der Waals surface area contributed by atoms with Crippen molar-refractivity contribution in [1.29, 1.82) is 0 Å². The van der Waals surface area contributed by atoms with Crippen molar-refractivity contribution in [1.82, 2.24) is 19.5 Å². The van der Waals surface area contributed by atoms with Crippen LogP contribution in [0.25, 0.3) is 11.3 Å². The van der Waals surface area contributed by atoms with Gasteiger partial charge in [0.25, 0.3) is 11.5 Å². The van der Waals surface area contributed by atoms with Crippen LogP contribution in [0.3, 0.4) is 0 Å². The summed E-state index contributed by atoms with van der Waals surface area (Å²) < 4.78 is 31.7. The van der Waals surface area contributed by atoms with Crippen LogP contribution in [0.4, 0.5) is 8.78 Å². The van der Waals surface area contributed by atoms with E-state index in [9.17, 15) is 18.4 Å². The second-order valence-corrected chi connectivity index (χ2v) is 6.52. The third-order valence-electron chi connectivity index (χ3n) is 4.00. The van der Waals surface area contributed by atoms with Crippen LogP contribution >= 0.6 is 11.5 Å². The normalized spacial score (nSPS) is 12.0. The summed E-state index contributed by atoms with van der Waals surface area (Å²) in [6, 6.07) is 5.84. The first kappa shape index (κ1) is 18.8. The maximum Gasteiger partial charge on any atom is 0.266 e. The lowest BCUT2D eigenvalue weighted by Crippen LogP contribution is -2.40. The van der Waals surface area contributed by atoms with E-state index in [4.69, 9.17) is 0 Å². The molecular weight excluding hydrogens is 374 g/mol. The molecule has 2 aromatic heterocycles. The molecule has 9 heteroatoms. The van der Waals surface area contributed by atoms with E-state index in [0.717, 1.165) is 12.1 Å². The molecular formula is C18H16F2N4O2S. The molecule has 0 aliphatic heterocycles. The minimum Gasteiger partial charge on any atom is -0.347 e. The van der Waals surface area contributed by atoms with Crippen molar-refractivity contribution in [2.75, 3.05) is 0 Å². The lowest BCUT2D eigenvalue weighted by Gasteiger charge is -2.17. The average molecular weight is 390 g/mol. The van der Waals surface area contributed by atoms with Gasteiger partial charge in [0.05, 0.1) is 24.0 Å². The Balaban J connectivity index is 1.81. The third-order valence-corrected chi connectivity index (χ3v) is 4.58. The Morgan fingerprint density at radius 3 is 2.74 bits per heavy atom. The van der Waals surface area contributed by atoms with Crippen molar-refractivity contribution in [3.05, 3.63) is 69.5 Å². The number of carbonyl (C=O) groups is 1. The molecule has 0 fully saturated rings. The molecule has 0 aliphatic rings. The van der Waals surface area contributed by atoms with Gasteiger partial charge in [-0.25, -0.2) is 17.8 Å². The van der Waals surface area contributed by atoms with Gasteiger partial charge in [-0.2, -0.15) is 5.10 Å². The van der Waals surface area contributed by atoms with Crippen LogP contribution in [0.15, 0.2) is 46.7 Å². The Hall–Kier alpha value is -2.94. The SMILES string of the molecule is CC[C@H](Cn1nc(-c2ccc(F)c(F)c2)ccc1=O)NC(=O)c1cnsc1. The highest BCUT2D eigenvalue weighted by molar-refractivity contribution is 7.03. The highest BCUT2D eigenvalue weighted by Gasteiger charge is 2.15. The van der Waals surface area contributed by atoms with E-state index in [1.54, 1.807) is 5.38 Å². The monoisotopic (exact) mass is 390 g/mol. The molecule has 3 aromatic rings. The minimum absolute atomic E-state index is 0.149. The number of nitrogens with one attached hydrogen (secondary N) is 1. The number of rotatable bonds is 6. The Bertz CT molecular complexity index is 1000.